The predicted molar refractivity (Wildman–Crippen MR) is 168 cm³/mol. The van der Waals surface area contributed by atoms with Gasteiger partial charge in [0.05, 0.1) is 18.8 Å². The Bertz CT molecular complexity index is 1380. The first-order valence-corrected chi connectivity index (χ1v) is 15.0. The molecule has 0 aliphatic rings. The van der Waals surface area contributed by atoms with Gasteiger partial charge in [0.2, 0.25) is 0 Å². The fourth-order valence-corrected chi connectivity index (χ4v) is 4.67. The van der Waals surface area contributed by atoms with Crippen LogP contribution in [0.3, 0.4) is 0 Å². The van der Waals surface area contributed by atoms with Gasteiger partial charge in [0.15, 0.2) is 6.61 Å². The highest BCUT2D eigenvalue weighted by molar-refractivity contribution is 6.05. The minimum atomic E-state index is -0.506. The van der Waals surface area contributed by atoms with Crippen molar-refractivity contribution in [2.24, 2.45) is 0 Å². The number of carbonyl (C=O) groups excluding carboxylic acids is 2. The molecule has 7 nitrogen and oxygen atoms in total. The Morgan fingerprint density at radius 3 is 2.19 bits per heavy atom. The number of aromatic hydroxyl groups is 1. The Kier molecular flexibility index (Phi) is 11.3. The van der Waals surface area contributed by atoms with Crippen LogP contribution in [0.5, 0.6) is 17.2 Å². The second kappa shape index (κ2) is 14.4. The molecule has 228 valence electrons. The van der Waals surface area contributed by atoms with Crippen LogP contribution in [-0.4, -0.2) is 43.3 Å². The summed E-state index contributed by atoms with van der Waals surface area (Å²) in [5.74, 6) is 0.193. The van der Waals surface area contributed by atoms with Crippen molar-refractivity contribution in [1.82, 2.24) is 5.32 Å². The van der Waals surface area contributed by atoms with Crippen molar-refractivity contribution in [3.05, 3.63) is 65.2 Å². The number of benzene rings is 3. The number of hydrogen-bond donors (Lipinski definition) is 2. The van der Waals surface area contributed by atoms with Gasteiger partial charge in [-0.2, -0.15) is 0 Å². The molecule has 0 radical (unpaired) electrons. The standard InChI is InChI=1S/C35H47NO6/c1-8-34(4,5)24-17-18-29(28(21-24)35(6,7)9-2)41-20-14-13-19-36-33(39)27-22-30(42-23-31(37)40-10-3)25-15-11-12-16-26(25)32(27)38/h11-12,15-18,21-22,38H,8-10,13-14,19-20,23H2,1-7H3,(H,36,39). The molecule has 0 spiro atoms. The summed E-state index contributed by atoms with van der Waals surface area (Å²) in [4.78, 5) is 24.9. The van der Waals surface area contributed by atoms with Crippen molar-refractivity contribution < 1.29 is 28.9 Å². The summed E-state index contributed by atoms with van der Waals surface area (Å²) in [5, 5.41) is 14.8. The molecule has 42 heavy (non-hydrogen) atoms. The molecule has 0 aromatic heterocycles. The van der Waals surface area contributed by atoms with Crippen LogP contribution in [0.15, 0.2) is 48.5 Å². The van der Waals surface area contributed by atoms with Gasteiger partial charge in [-0.1, -0.05) is 77.9 Å². The lowest BCUT2D eigenvalue weighted by Gasteiger charge is -2.30. The van der Waals surface area contributed by atoms with Gasteiger partial charge < -0.3 is 24.6 Å². The van der Waals surface area contributed by atoms with E-state index in [0.29, 0.717) is 36.1 Å². The Hall–Kier alpha value is -3.74. The first kappa shape index (κ1) is 32.8. The molecule has 0 heterocycles. The van der Waals surface area contributed by atoms with Gasteiger partial charge in [-0.25, -0.2) is 4.79 Å². The van der Waals surface area contributed by atoms with E-state index in [1.807, 2.05) is 0 Å². The number of amides is 1. The first-order chi connectivity index (χ1) is 19.9. The van der Waals surface area contributed by atoms with Crippen molar-refractivity contribution in [3.63, 3.8) is 0 Å². The van der Waals surface area contributed by atoms with E-state index < -0.39 is 11.9 Å². The van der Waals surface area contributed by atoms with Crippen LogP contribution in [0.1, 0.15) is 95.6 Å². The number of rotatable bonds is 15. The molecule has 0 bridgehead atoms. The maximum Gasteiger partial charge on any atom is 0.344 e. The number of unbranched alkanes of at least 4 members (excludes halogenated alkanes) is 1. The summed E-state index contributed by atoms with van der Waals surface area (Å²) < 4.78 is 16.9. The van der Waals surface area contributed by atoms with Crippen LogP contribution < -0.4 is 14.8 Å². The lowest BCUT2D eigenvalue weighted by Crippen LogP contribution is -2.25. The Labute approximate surface area is 250 Å². The third-order valence-corrected chi connectivity index (χ3v) is 8.25. The van der Waals surface area contributed by atoms with E-state index in [9.17, 15) is 14.7 Å². The highest BCUT2D eigenvalue weighted by Crippen LogP contribution is 2.39. The molecule has 3 aromatic rings. The SMILES string of the molecule is CCOC(=O)COc1cc(C(=O)NCCCCOc2ccc(C(C)(C)CC)cc2C(C)(C)CC)c(O)c2ccccc12. The van der Waals surface area contributed by atoms with Crippen LogP contribution in [0, 0.1) is 0 Å². The Morgan fingerprint density at radius 2 is 1.52 bits per heavy atom. The lowest BCUT2D eigenvalue weighted by atomic mass is 9.76. The number of carbonyl (C=O) groups is 2. The Balaban J connectivity index is 1.62. The molecule has 3 aromatic carbocycles. The number of fused-ring (bicyclic) bond motifs is 1. The van der Waals surface area contributed by atoms with Crippen LogP contribution >= 0.6 is 0 Å². The van der Waals surface area contributed by atoms with Gasteiger partial charge in [-0.3, -0.25) is 4.79 Å². The largest absolute Gasteiger partial charge is 0.506 e. The summed E-state index contributed by atoms with van der Waals surface area (Å²) in [6, 6.07) is 15.1. The predicted octanol–water partition coefficient (Wildman–Crippen LogP) is 7.45. The third-order valence-electron chi connectivity index (χ3n) is 8.25. The maximum absolute atomic E-state index is 13.0. The van der Waals surface area contributed by atoms with Crippen LogP contribution in [0.4, 0.5) is 0 Å². The van der Waals surface area contributed by atoms with Gasteiger partial charge in [0.25, 0.3) is 5.91 Å². The maximum atomic E-state index is 13.0. The molecule has 2 N–H and O–H groups in total. The van der Waals surface area contributed by atoms with Crippen molar-refractivity contribution >= 4 is 22.6 Å². The molecule has 0 saturated heterocycles. The molecule has 0 aliphatic carbocycles. The molecule has 0 unspecified atom stereocenters. The molecule has 0 fully saturated rings. The van der Waals surface area contributed by atoms with E-state index in [0.717, 1.165) is 25.0 Å². The van der Waals surface area contributed by atoms with Crippen molar-refractivity contribution in [3.8, 4) is 17.2 Å². The van der Waals surface area contributed by atoms with E-state index in [2.05, 4.69) is 65.1 Å². The minimum absolute atomic E-state index is 0.0100. The topological polar surface area (TPSA) is 94.1 Å². The zero-order valence-corrected chi connectivity index (χ0v) is 26.3. The molecule has 0 atom stereocenters. The molecular weight excluding hydrogens is 530 g/mol. The summed E-state index contributed by atoms with van der Waals surface area (Å²) in [5.41, 5.74) is 2.73. The molecule has 1 amide bonds. The number of ether oxygens (including phenoxy) is 3. The zero-order valence-electron chi connectivity index (χ0n) is 26.3. The quantitative estimate of drug-likeness (QED) is 0.144. The number of esters is 1. The smallest absolute Gasteiger partial charge is 0.344 e. The minimum Gasteiger partial charge on any atom is -0.506 e. The average molecular weight is 578 g/mol. The third kappa shape index (κ3) is 7.96. The fraction of sp³-hybridized carbons (Fsp3) is 0.486. The van der Waals surface area contributed by atoms with Crippen LogP contribution in [-0.2, 0) is 20.4 Å². The summed E-state index contributed by atoms with van der Waals surface area (Å²) in [6.45, 7) is 16.1. The molecule has 0 aliphatic heterocycles. The van der Waals surface area contributed by atoms with Crippen molar-refractivity contribution in [1.29, 1.82) is 0 Å². The van der Waals surface area contributed by atoms with Gasteiger partial charge >= 0.3 is 5.97 Å². The molecule has 7 heteroatoms. The lowest BCUT2D eigenvalue weighted by molar-refractivity contribution is -0.145. The highest BCUT2D eigenvalue weighted by Gasteiger charge is 2.26. The number of phenolic OH excluding ortho intramolecular Hbond substituents is 1. The molecule has 3 rings (SSSR count). The van der Waals surface area contributed by atoms with E-state index in [-0.39, 0.29) is 35.4 Å². The average Bonchev–Trinajstić information content (AvgIpc) is 2.98. The summed E-state index contributed by atoms with van der Waals surface area (Å²) in [6.07, 6.45) is 3.53. The highest BCUT2D eigenvalue weighted by atomic mass is 16.6. The van der Waals surface area contributed by atoms with Gasteiger partial charge in [-0.05, 0) is 61.1 Å². The van der Waals surface area contributed by atoms with Gasteiger partial charge in [0.1, 0.15) is 17.2 Å². The second-order valence-electron chi connectivity index (χ2n) is 11.9. The zero-order chi connectivity index (χ0) is 30.9. The van der Waals surface area contributed by atoms with Crippen molar-refractivity contribution in [2.45, 2.75) is 85.0 Å². The first-order valence-electron chi connectivity index (χ1n) is 15.0. The summed E-state index contributed by atoms with van der Waals surface area (Å²) >= 11 is 0. The number of nitrogens with one attached hydrogen (secondary N) is 1. The second-order valence-corrected chi connectivity index (χ2v) is 11.9. The van der Waals surface area contributed by atoms with E-state index in [1.54, 1.807) is 31.2 Å². The monoisotopic (exact) mass is 577 g/mol. The number of phenols is 1. The van der Waals surface area contributed by atoms with E-state index >= 15 is 0 Å². The normalized spacial score (nSPS) is 11.8. The molecular formula is C35H47NO6. The van der Waals surface area contributed by atoms with Crippen molar-refractivity contribution in [2.75, 3.05) is 26.4 Å². The van der Waals surface area contributed by atoms with E-state index in [1.165, 1.54) is 17.2 Å². The Morgan fingerprint density at radius 1 is 0.833 bits per heavy atom. The fourth-order valence-electron chi connectivity index (χ4n) is 4.67. The van der Waals surface area contributed by atoms with Gasteiger partial charge in [-0.15, -0.1) is 0 Å². The van der Waals surface area contributed by atoms with Crippen LogP contribution in [0.25, 0.3) is 10.8 Å². The summed E-state index contributed by atoms with van der Waals surface area (Å²) in [7, 11) is 0. The molecule has 0 saturated carbocycles. The van der Waals surface area contributed by atoms with Gasteiger partial charge in [0, 0.05) is 22.9 Å². The van der Waals surface area contributed by atoms with E-state index in [4.69, 9.17) is 14.2 Å². The van der Waals surface area contributed by atoms with Crippen LogP contribution in [0.2, 0.25) is 0 Å². The number of hydrogen-bond acceptors (Lipinski definition) is 6.